The molecule has 1 aromatic heterocycles. The van der Waals surface area contributed by atoms with Crippen LogP contribution in [-0.4, -0.2) is 21.1 Å². The summed E-state index contributed by atoms with van der Waals surface area (Å²) in [7, 11) is 0. The van der Waals surface area contributed by atoms with E-state index in [-0.39, 0.29) is 5.82 Å². The smallest absolute Gasteiger partial charge is 0.295 e. The van der Waals surface area contributed by atoms with Crippen molar-refractivity contribution in [2.24, 2.45) is 0 Å². The maximum atomic E-state index is 13.4. The Balaban J connectivity index is 2.17. The van der Waals surface area contributed by atoms with Gasteiger partial charge in [0.25, 0.3) is 5.91 Å². The van der Waals surface area contributed by atoms with Gasteiger partial charge in [-0.2, -0.15) is 0 Å². The second-order valence-corrected chi connectivity index (χ2v) is 4.03. The highest BCUT2D eigenvalue weighted by Crippen LogP contribution is 2.19. The molecule has 0 aliphatic heterocycles. The zero-order valence-corrected chi connectivity index (χ0v) is 10.5. The minimum atomic E-state index is -1.65. The molecule has 0 spiro atoms. The van der Waals surface area contributed by atoms with Crippen LogP contribution in [0.5, 0.6) is 0 Å². The van der Waals surface area contributed by atoms with E-state index in [4.69, 9.17) is 0 Å². The van der Waals surface area contributed by atoms with Gasteiger partial charge in [0.2, 0.25) is 5.82 Å². The zero-order valence-electron chi connectivity index (χ0n) is 10.5. The fourth-order valence-electron chi connectivity index (χ4n) is 1.55. The summed E-state index contributed by atoms with van der Waals surface area (Å²) in [6.07, 6.45) is 1.42. The SMILES string of the molecule is CCCc1nc(C(=O)Nc2ccc(F)c(F)c2F)n[nH]1. The van der Waals surface area contributed by atoms with Gasteiger partial charge in [-0.05, 0) is 18.6 Å². The van der Waals surface area contributed by atoms with E-state index in [0.29, 0.717) is 18.3 Å². The highest BCUT2D eigenvalue weighted by molar-refractivity contribution is 6.01. The minimum absolute atomic E-state index is 0.197. The lowest BCUT2D eigenvalue weighted by atomic mass is 10.2. The van der Waals surface area contributed by atoms with Gasteiger partial charge in [0.1, 0.15) is 5.82 Å². The third-order valence-corrected chi connectivity index (χ3v) is 2.50. The highest BCUT2D eigenvalue weighted by Gasteiger charge is 2.18. The number of carbonyl (C=O) groups is 1. The molecule has 2 rings (SSSR count). The second-order valence-electron chi connectivity index (χ2n) is 4.03. The molecule has 20 heavy (non-hydrogen) atoms. The maximum Gasteiger partial charge on any atom is 0.295 e. The standard InChI is InChI=1S/C12H11F3N4O/c1-2-3-8-17-11(19-18-8)12(20)16-7-5-4-6(13)9(14)10(7)15/h4-5H,2-3H2,1H3,(H,16,20)(H,17,18,19). The number of hydrogen-bond donors (Lipinski definition) is 2. The Labute approximate surface area is 112 Å². The molecule has 0 saturated carbocycles. The number of halogens is 3. The number of anilines is 1. The normalized spacial score (nSPS) is 10.6. The molecule has 1 aromatic carbocycles. The molecule has 106 valence electrons. The van der Waals surface area contributed by atoms with Crippen LogP contribution in [0.4, 0.5) is 18.9 Å². The van der Waals surface area contributed by atoms with Crippen molar-refractivity contribution in [3.05, 3.63) is 41.2 Å². The summed E-state index contributed by atoms with van der Waals surface area (Å²) in [6, 6.07) is 1.64. The molecule has 1 amide bonds. The van der Waals surface area contributed by atoms with E-state index < -0.39 is 29.0 Å². The minimum Gasteiger partial charge on any atom is -0.317 e. The zero-order chi connectivity index (χ0) is 14.7. The van der Waals surface area contributed by atoms with Crippen LogP contribution in [0.15, 0.2) is 12.1 Å². The summed E-state index contributed by atoms with van der Waals surface area (Å²) >= 11 is 0. The Kier molecular flexibility index (Phi) is 4.02. The van der Waals surface area contributed by atoms with Crippen LogP contribution >= 0.6 is 0 Å². The number of aromatic nitrogens is 3. The summed E-state index contributed by atoms with van der Waals surface area (Å²) in [5.74, 6) is -4.94. The molecular formula is C12H11F3N4O. The number of carbonyl (C=O) groups excluding carboxylic acids is 1. The van der Waals surface area contributed by atoms with Crippen molar-refractivity contribution in [1.29, 1.82) is 0 Å². The Morgan fingerprint density at radius 2 is 2.05 bits per heavy atom. The number of nitrogens with one attached hydrogen (secondary N) is 2. The largest absolute Gasteiger partial charge is 0.317 e. The molecule has 0 radical (unpaired) electrons. The number of amides is 1. The van der Waals surface area contributed by atoms with Gasteiger partial charge in [-0.1, -0.05) is 6.92 Å². The van der Waals surface area contributed by atoms with Crippen LogP contribution < -0.4 is 5.32 Å². The number of benzene rings is 1. The van der Waals surface area contributed by atoms with Crippen molar-refractivity contribution >= 4 is 11.6 Å². The van der Waals surface area contributed by atoms with Crippen LogP contribution in [0.1, 0.15) is 29.8 Å². The average molecular weight is 284 g/mol. The summed E-state index contributed by atoms with van der Waals surface area (Å²) in [5.41, 5.74) is -0.476. The van der Waals surface area contributed by atoms with E-state index >= 15 is 0 Å². The lowest BCUT2D eigenvalue weighted by molar-refractivity contribution is 0.101. The van der Waals surface area contributed by atoms with Crippen LogP contribution in [-0.2, 0) is 6.42 Å². The van der Waals surface area contributed by atoms with Gasteiger partial charge >= 0.3 is 0 Å². The Hall–Kier alpha value is -2.38. The third kappa shape index (κ3) is 2.79. The van der Waals surface area contributed by atoms with Crippen LogP contribution in [0, 0.1) is 17.5 Å². The van der Waals surface area contributed by atoms with Crippen molar-refractivity contribution in [1.82, 2.24) is 15.2 Å². The van der Waals surface area contributed by atoms with Gasteiger partial charge in [0.15, 0.2) is 17.5 Å². The molecule has 0 atom stereocenters. The van der Waals surface area contributed by atoms with E-state index in [1.54, 1.807) is 0 Å². The fourth-order valence-corrected chi connectivity index (χ4v) is 1.55. The van der Waals surface area contributed by atoms with Gasteiger partial charge in [0, 0.05) is 6.42 Å². The fraction of sp³-hybridized carbons (Fsp3) is 0.250. The van der Waals surface area contributed by atoms with E-state index in [2.05, 4.69) is 20.5 Å². The molecule has 0 bridgehead atoms. The van der Waals surface area contributed by atoms with Crippen molar-refractivity contribution in [2.45, 2.75) is 19.8 Å². The lowest BCUT2D eigenvalue weighted by Gasteiger charge is -2.05. The summed E-state index contributed by atoms with van der Waals surface area (Å²) in [5, 5.41) is 8.31. The first kappa shape index (κ1) is 14.0. The number of H-pyrrole nitrogens is 1. The molecule has 2 N–H and O–H groups in total. The molecule has 0 unspecified atom stereocenters. The summed E-state index contributed by atoms with van der Waals surface area (Å²) in [6.45, 7) is 1.93. The predicted molar refractivity (Wildman–Crippen MR) is 64.6 cm³/mol. The van der Waals surface area contributed by atoms with Crippen molar-refractivity contribution in [3.8, 4) is 0 Å². The summed E-state index contributed by atoms with van der Waals surface area (Å²) < 4.78 is 39.1. The van der Waals surface area contributed by atoms with Gasteiger partial charge in [-0.25, -0.2) is 18.2 Å². The lowest BCUT2D eigenvalue weighted by Crippen LogP contribution is -2.15. The second kappa shape index (κ2) is 5.72. The van der Waals surface area contributed by atoms with E-state index in [9.17, 15) is 18.0 Å². The van der Waals surface area contributed by atoms with Crippen LogP contribution in [0.25, 0.3) is 0 Å². The predicted octanol–water partition coefficient (Wildman–Crippen LogP) is 2.43. The molecule has 2 aromatic rings. The van der Waals surface area contributed by atoms with Crippen molar-refractivity contribution in [2.75, 3.05) is 5.32 Å². The first-order chi connectivity index (χ1) is 9.52. The molecule has 0 saturated heterocycles. The molecular weight excluding hydrogens is 273 g/mol. The number of nitrogens with zero attached hydrogens (tertiary/aromatic N) is 2. The van der Waals surface area contributed by atoms with E-state index in [1.807, 2.05) is 6.92 Å². The number of aromatic amines is 1. The number of rotatable bonds is 4. The summed E-state index contributed by atoms with van der Waals surface area (Å²) in [4.78, 5) is 15.6. The van der Waals surface area contributed by atoms with Crippen LogP contribution in [0.3, 0.4) is 0 Å². The van der Waals surface area contributed by atoms with Gasteiger partial charge in [-0.15, -0.1) is 5.10 Å². The molecule has 0 fully saturated rings. The van der Waals surface area contributed by atoms with Gasteiger partial charge < -0.3 is 5.32 Å². The third-order valence-electron chi connectivity index (χ3n) is 2.50. The number of aryl methyl sites for hydroxylation is 1. The first-order valence-corrected chi connectivity index (χ1v) is 5.89. The topological polar surface area (TPSA) is 70.7 Å². The van der Waals surface area contributed by atoms with Crippen molar-refractivity contribution < 1.29 is 18.0 Å². The highest BCUT2D eigenvalue weighted by atomic mass is 19.2. The monoisotopic (exact) mass is 284 g/mol. The Bertz CT molecular complexity index is 642. The maximum absolute atomic E-state index is 13.4. The Morgan fingerprint density at radius 3 is 2.75 bits per heavy atom. The quantitative estimate of drug-likeness (QED) is 0.847. The van der Waals surface area contributed by atoms with Crippen LogP contribution in [0.2, 0.25) is 0 Å². The van der Waals surface area contributed by atoms with Gasteiger partial charge in [-0.3, -0.25) is 9.89 Å². The molecule has 5 nitrogen and oxygen atoms in total. The molecule has 8 heteroatoms. The molecule has 1 heterocycles. The van der Waals surface area contributed by atoms with Crippen molar-refractivity contribution in [3.63, 3.8) is 0 Å². The first-order valence-electron chi connectivity index (χ1n) is 5.89. The van der Waals surface area contributed by atoms with E-state index in [1.165, 1.54) is 0 Å². The van der Waals surface area contributed by atoms with Gasteiger partial charge in [0.05, 0.1) is 5.69 Å². The molecule has 0 aliphatic rings. The van der Waals surface area contributed by atoms with E-state index in [0.717, 1.165) is 12.5 Å². The number of hydrogen-bond acceptors (Lipinski definition) is 3. The molecule has 0 aliphatic carbocycles. The Morgan fingerprint density at radius 1 is 1.30 bits per heavy atom. The average Bonchev–Trinajstić information content (AvgIpc) is 2.88.